The summed E-state index contributed by atoms with van der Waals surface area (Å²) in [4.78, 5) is 27.2. The Labute approximate surface area is 137 Å². The summed E-state index contributed by atoms with van der Waals surface area (Å²) in [6.07, 6.45) is 3.14. The maximum absolute atomic E-state index is 11.7. The Morgan fingerprint density at radius 3 is 2.43 bits per heavy atom. The zero-order valence-corrected chi connectivity index (χ0v) is 13.9. The van der Waals surface area contributed by atoms with E-state index < -0.39 is 6.04 Å². The van der Waals surface area contributed by atoms with Gasteiger partial charge in [-0.3, -0.25) is 14.6 Å². The standard InChI is InChI=1S/C13H20N4O2.2ClH/c1-13(2,3)11(14)12(19)16-8-10(18)17-9-5-4-6-15-7-9;;/h4-7,11H,8,14H2,1-3H3,(H,16,19)(H,17,18);2*1H/t11-;;/m1../s1. The van der Waals surface area contributed by atoms with Crippen LogP contribution in [0.25, 0.3) is 0 Å². The van der Waals surface area contributed by atoms with Crippen molar-refractivity contribution in [1.82, 2.24) is 10.3 Å². The molecule has 1 aromatic rings. The van der Waals surface area contributed by atoms with Crippen LogP contribution in [0.1, 0.15) is 20.8 Å². The fraction of sp³-hybridized carbons (Fsp3) is 0.462. The summed E-state index contributed by atoms with van der Waals surface area (Å²) >= 11 is 0. The van der Waals surface area contributed by atoms with Gasteiger partial charge in [0.15, 0.2) is 0 Å². The highest BCUT2D eigenvalue weighted by molar-refractivity contribution is 5.95. The minimum atomic E-state index is -0.654. The number of amides is 2. The van der Waals surface area contributed by atoms with Crippen molar-refractivity contribution < 1.29 is 9.59 Å². The largest absolute Gasteiger partial charge is 0.346 e. The molecule has 1 aromatic heterocycles. The molecule has 0 saturated heterocycles. The van der Waals surface area contributed by atoms with E-state index in [1.165, 1.54) is 6.20 Å². The van der Waals surface area contributed by atoms with Crippen molar-refractivity contribution >= 4 is 42.3 Å². The molecule has 6 nitrogen and oxygen atoms in total. The number of hydrogen-bond donors (Lipinski definition) is 3. The second kappa shape index (κ2) is 9.55. The van der Waals surface area contributed by atoms with Gasteiger partial charge < -0.3 is 16.4 Å². The quantitative estimate of drug-likeness (QED) is 0.773. The number of rotatable bonds is 4. The van der Waals surface area contributed by atoms with Crippen LogP contribution in [0.4, 0.5) is 5.69 Å². The molecule has 1 rings (SSSR count). The highest BCUT2D eigenvalue weighted by Gasteiger charge is 2.27. The maximum Gasteiger partial charge on any atom is 0.243 e. The van der Waals surface area contributed by atoms with Gasteiger partial charge in [-0.2, -0.15) is 0 Å². The number of carbonyl (C=O) groups is 2. The van der Waals surface area contributed by atoms with E-state index in [4.69, 9.17) is 5.73 Å². The van der Waals surface area contributed by atoms with Crippen molar-refractivity contribution in [3.8, 4) is 0 Å². The first kappa shape index (κ1) is 21.9. The summed E-state index contributed by atoms with van der Waals surface area (Å²) in [5.74, 6) is -0.656. The SMILES string of the molecule is CC(C)(C)[C@H](N)C(=O)NCC(=O)Nc1cccnc1.Cl.Cl. The summed E-state index contributed by atoms with van der Waals surface area (Å²) in [5.41, 5.74) is 6.02. The molecule has 4 N–H and O–H groups in total. The number of halogens is 2. The van der Waals surface area contributed by atoms with Crippen LogP contribution in [0, 0.1) is 5.41 Å². The molecule has 0 bridgehead atoms. The van der Waals surface area contributed by atoms with Crippen LogP contribution in [-0.2, 0) is 9.59 Å². The van der Waals surface area contributed by atoms with Crippen LogP contribution in [0.3, 0.4) is 0 Å². The second-order valence-electron chi connectivity index (χ2n) is 5.35. The maximum atomic E-state index is 11.7. The first-order valence-electron chi connectivity index (χ1n) is 6.04. The van der Waals surface area contributed by atoms with Crippen molar-refractivity contribution in [2.45, 2.75) is 26.8 Å². The Morgan fingerprint density at radius 1 is 1.33 bits per heavy atom. The first-order chi connectivity index (χ1) is 8.80. The van der Waals surface area contributed by atoms with Gasteiger partial charge in [0.2, 0.25) is 11.8 Å². The fourth-order valence-corrected chi connectivity index (χ4v) is 1.31. The molecule has 1 heterocycles. The third-order valence-electron chi connectivity index (χ3n) is 2.58. The van der Waals surface area contributed by atoms with E-state index in [-0.39, 0.29) is 48.6 Å². The van der Waals surface area contributed by atoms with Crippen LogP contribution in [0.5, 0.6) is 0 Å². The molecule has 21 heavy (non-hydrogen) atoms. The van der Waals surface area contributed by atoms with Gasteiger partial charge in [0.25, 0.3) is 0 Å². The average molecular weight is 337 g/mol. The van der Waals surface area contributed by atoms with Crippen LogP contribution >= 0.6 is 24.8 Å². The molecular weight excluding hydrogens is 315 g/mol. The highest BCUT2D eigenvalue weighted by Crippen LogP contribution is 2.16. The fourth-order valence-electron chi connectivity index (χ4n) is 1.31. The summed E-state index contributed by atoms with van der Waals surface area (Å²) in [6.45, 7) is 5.49. The topological polar surface area (TPSA) is 97.1 Å². The Balaban J connectivity index is 0. The zero-order chi connectivity index (χ0) is 14.5. The number of hydrogen-bond acceptors (Lipinski definition) is 4. The molecule has 120 valence electrons. The molecule has 8 heteroatoms. The highest BCUT2D eigenvalue weighted by atomic mass is 35.5. The van der Waals surface area contributed by atoms with Gasteiger partial charge in [0.05, 0.1) is 24.5 Å². The molecule has 0 fully saturated rings. The Hall–Kier alpha value is -1.37. The lowest BCUT2D eigenvalue weighted by atomic mass is 9.87. The Kier molecular flexibility index (Phi) is 9.96. The van der Waals surface area contributed by atoms with E-state index in [1.54, 1.807) is 18.3 Å². The molecule has 2 amide bonds. The van der Waals surface area contributed by atoms with Crippen LogP contribution in [0.2, 0.25) is 0 Å². The molecule has 0 aliphatic carbocycles. The average Bonchev–Trinajstić information content (AvgIpc) is 2.35. The monoisotopic (exact) mass is 336 g/mol. The third kappa shape index (κ3) is 7.84. The van der Waals surface area contributed by atoms with E-state index in [1.807, 2.05) is 20.8 Å². The van der Waals surface area contributed by atoms with Crippen molar-refractivity contribution in [2.75, 3.05) is 11.9 Å². The lowest BCUT2D eigenvalue weighted by molar-refractivity contribution is -0.126. The van der Waals surface area contributed by atoms with Crippen molar-refractivity contribution in [3.63, 3.8) is 0 Å². The second-order valence-corrected chi connectivity index (χ2v) is 5.35. The molecule has 0 saturated carbocycles. The normalized spacial score (nSPS) is 11.4. The minimum Gasteiger partial charge on any atom is -0.346 e. The van der Waals surface area contributed by atoms with E-state index >= 15 is 0 Å². The molecule has 0 spiro atoms. The number of nitrogens with zero attached hydrogens (tertiary/aromatic N) is 1. The summed E-state index contributed by atoms with van der Waals surface area (Å²) < 4.78 is 0. The van der Waals surface area contributed by atoms with Gasteiger partial charge in [-0.1, -0.05) is 20.8 Å². The molecule has 0 unspecified atom stereocenters. The van der Waals surface area contributed by atoms with Crippen molar-refractivity contribution in [2.24, 2.45) is 11.1 Å². The van der Waals surface area contributed by atoms with Gasteiger partial charge in [-0.15, -0.1) is 24.8 Å². The number of pyridine rings is 1. The van der Waals surface area contributed by atoms with Gasteiger partial charge in [-0.05, 0) is 17.5 Å². The Bertz CT molecular complexity index is 449. The van der Waals surface area contributed by atoms with E-state index in [0.29, 0.717) is 5.69 Å². The van der Waals surface area contributed by atoms with Crippen LogP contribution < -0.4 is 16.4 Å². The summed E-state index contributed by atoms with van der Waals surface area (Å²) in [7, 11) is 0. The Morgan fingerprint density at radius 2 is 1.95 bits per heavy atom. The summed E-state index contributed by atoms with van der Waals surface area (Å²) in [6, 6.07) is 2.77. The lowest BCUT2D eigenvalue weighted by Crippen LogP contribution is -2.50. The van der Waals surface area contributed by atoms with E-state index in [2.05, 4.69) is 15.6 Å². The number of carbonyl (C=O) groups excluding carboxylic acids is 2. The number of anilines is 1. The molecular formula is C13H22Cl2N4O2. The summed E-state index contributed by atoms with van der Waals surface area (Å²) in [5, 5.41) is 5.13. The smallest absolute Gasteiger partial charge is 0.243 e. The molecule has 1 atom stereocenters. The number of nitrogens with two attached hydrogens (primary N) is 1. The molecule has 0 aromatic carbocycles. The number of nitrogens with one attached hydrogen (secondary N) is 2. The lowest BCUT2D eigenvalue weighted by Gasteiger charge is -2.25. The van der Waals surface area contributed by atoms with Gasteiger partial charge in [-0.25, -0.2) is 0 Å². The molecule has 0 radical (unpaired) electrons. The van der Waals surface area contributed by atoms with Gasteiger partial charge in [0.1, 0.15) is 0 Å². The van der Waals surface area contributed by atoms with Crippen LogP contribution in [0.15, 0.2) is 24.5 Å². The first-order valence-corrected chi connectivity index (χ1v) is 6.04. The molecule has 0 aliphatic rings. The van der Waals surface area contributed by atoms with Gasteiger partial charge >= 0.3 is 0 Å². The van der Waals surface area contributed by atoms with Crippen molar-refractivity contribution in [1.29, 1.82) is 0 Å². The predicted molar refractivity (Wildman–Crippen MR) is 87.8 cm³/mol. The number of aromatic nitrogens is 1. The minimum absolute atomic E-state index is 0. The van der Waals surface area contributed by atoms with E-state index in [0.717, 1.165) is 0 Å². The van der Waals surface area contributed by atoms with Crippen LogP contribution in [-0.4, -0.2) is 29.4 Å². The zero-order valence-electron chi connectivity index (χ0n) is 12.3. The molecule has 0 aliphatic heterocycles. The third-order valence-corrected chi connectivity index (χ3v) is 2.58. The van der Waals surface area contributed by atoms with Gasteiger partial charge in [0, 0.05) is 6.20 Å². The van der Waals surface area contributed by atoms with Crippen molar-refractivity contribution in [3.05, 3.63) is 24.5 Å². The van der Waals surface area contributed by atoms with E-state index in [9.17, 15) is 9.59 Å². The predicted octanol–water partition coefficient (Wildman–Crippen LogP) is 1.35.